The van der Waals surface area contributed by atoms with Gasteiger partial charge in [0.2, 0.25) is 0 Å². The van der Waals surface area contributed by atoms with Gasteiger partial charge in [0.05, 0.1) is 13.2 Å². The lowest BCUT2D eigenvalue weighted by Crippen LogP contribution is -1.95. The number of ether oxygens (including phenoxy) is 1. The van der Waals surface area contributed by atoms with Crippen molar-refractivity contribution in [3.05, 3.63) is 24.3 Å². The summed E-state index contributed by atoms with van der Waals surface area (Å²) >= 11 is 0. The Balaban J connectivity index is 2.62. The number of hydrogen-bond donors (Lipinski definition) is 0. The third kappa shape index (κ3) is 1.22. The number of allylic oxidation sites excluding steroid dienone is 1. The highest BCUT2D eigenvalue weighted by Gasteiger charge is 2.16. The number of rotatable bonds is 1. The van der Waals surface area contributed by atoms with E-state index in [1.807, 2.05) is 13.0 Å². The van der Waals surface area contributed by atoms with Crippen molar-refractivity contribution >= 4 is 0 Å². The lowest BCUT2D eigenvalue weighted by molar-refractivity contribution is 0.195. The zero-order valence-corrected chi connectivity index (χ0v) is 5.76. The third-order valence-corrected chi connectivity index (χ3v) is 1.70. The Morgan fingerprint density at radius 1 is 1.78 bits per heavy atom. The minimum absolute atomic E-state index is 0.481. The molecule has 0 radical (unpaired) electrons. The quantitative estimate of drug-likeness (QED) is 0.484. The molecule has 1 atom stereocenters. The van der Waals surface area contributed by atoms with Crippen LogP contribution >= 0.6 is 0 Å². The lowest BCUT2D eigenvalue weighted by atomic mass is 10.0. The topological polar surface area (TPSA) is 9.23 Å². The van der Waals surface area contributed by atoms with Gasteiger partial charge >= 0.3 is 0 Å². The van der Waals surface area contributed by atoms with E-state index in [0.29, 0.717) is 5.92 Å². The molecule has 1 heterocycles. The second kappa shape index (κ2) is 2.83. The van der Waals surface area contributed by atoms with Crippen LogP contribution in [0.15, 0.2) is 24.3 Å². The maximum atomic E-state index is 5.21. The molecule has 1 fully saturated rings. The maximum Gasteiger partial charge on any atom is 0.0683 e. The minimum atomic E-state index is 0.481. The summed E-state index contributed by atoms with van der Waals surface area (Å²) in [6.07, 6.45) is 4.06. The van der Waals surface area contributed by atoms with Crippen LogP contribution in [0.3, 0.4) is 0 Å². The molecule has 0 N–H and O–H groups in total. The standard InChI is InChI=1S/C8H12O/c1-3-7-5-9-6-8(7)4-2/h3-4,7H,1,5-6H2,2H3/b8-4-. The van der Waals surface area contributed by atoms with Gasteiger partial charge in [-0.15, -0.1) is 6.58 Å². The van der Waals surface area contributed by atoms with Crippen LogP contribution in [-0.2, 0) is 4.74 Å². The van der Waals surface area contributed by atoms with E-state index in [2.05, 4.69) is 12.7 Å². The van der Waals surface area contributed by atoms with Gasteiger partial charge in [0, 0.05) is 5.92 Å². The molecule has 50 valence electrons. The smallest absolute Gasteiger partial charge is 0.0683 e. The van der Waals surface area contributed by atoms with Crippen LogP contribution in [-0.4, -0.2) is 13.2 Å². The lowest BCUT2D eigenvalue weighted by Gasteiger charge is -1.99. The zero-order chi connectivity index (χ0) is 6.69. The maximum absolute atomic E-state index is 5.21. The van der Waals surface area contributed by atoms with E-state index >= 15 is 0 Å². The summed E-state index contributed by atoms with van der Waals surface area (Å²) in [6.45, 7) is 7.38. The first-order valence-electron chi connectivity index (χ1n) is 3.24. The predicted molar refractivity (Wildman–Crippen MR) is 38.3 cm³/mol. The fourth-order valence-corrected chi connectivity index (χ4v) is 1.03. The Labute approximate surface area is 56.0 Å². The molecular formula is C8H12O. The van der Waals surface area contributed by atoms with E-state index in [-0.39, 0.29) is 0 Å². The fraction of sp³-hybridized carbons (Fsp3) is 0.500. The molecule has 0 amide bonds. The average Bonchev–Trinajstić information content (AvgIpc) is 2.33. The van der Waals surface area contributed by atoms with Gasteiger partial charge in [-0.2, -0.15) is 0 Å². The Kier molecular flexibility index (Phi) is 2.06. The van der Waals surface area contributed by atoms with Crippen molar-refractivity contribution in [2.75, 3.05) is 13.2 Å². The Morgan fingerprint density at radius 2 is 2.56 bits per heavy atom. The predicted octanol–water partition coefficient (Wildman–Crippen LogP) is 1.77. The molecule has 0 aromatic heterocycles. The second-order valence-electron chi connectivity index (χ2n) is 2.22. The summed E-state index contributed by atoms with van der Waals surface area (Å²) < 4.78 is 5.21. The van der Waals surface area contributed by atoms with Crippen molar-refractivity contribution < 1.29 is 4.74 Å². The van der Waals surface area contributed by atoms with Gasteiger partial charge in [-0.3, -0.25) is 0 Å². The van der Waals surface area contributed by atoms with Crippen molar-refractivity contribution in [1.82, 2.24) is 0 Å². The van der Waals surface area contributed by atoms with Crippen molar-refractivity contribution in [2.24, 2.45) is 5.92 Å². The highest BCUT2D eigenvalue weighted by Crippen LogP contribution is 2.19. The summed E-state index contributed by atoms with van der Waals surface area (Å²) in [6, 6.07) is 0. The molecule has 1 nitrogen and oxygen atoms in total. The summed E-state index contributed by atoms with van der Waals surface area (Å²) in [5, 5.41) is 0. The van der Waals surface area contributed by atoms with Crippen molar-refractivity contribution in [3.63, 3.8) is 0 Å². The average molecular weight is 124 g/mol. The van der Waals surface area contributed by atoms with Crippen LogP contribution in [0.4, 0.5) is 0 Å². The Bertz CT molecular complexity index is 136. The molecule has 1 saturated heterocycles. The number of hydrogen-bond acceptors (Lipinski definition) is 1. The third-order valence-electron chi connectivity index (χ3n) is 1.70. The van der Waals surface area contributed by atoms with Gasteiger partial charge in [0.25, 0.3) is 0 Å². The Hall–Kier alpha value is -0.560. The first-order valence-corrected chi connectivity index (χ1v) is 3.24. The summed E-state index contributed by atoms with van der Waals surface area (Å²) in [7, 11) is 0. The zero-order valence-electron chi connectivity index (χ0n) is 5.76. The van der Waals surface area contributed by atoms with E-state index in [1.54, 1.807) is 0 Å². The van der Waals surface area contributed by atoms with Crippen molar-refractivity contribution in [3.8, 4) is 0 Å². The molecule has 0 aromatic rings. The Morgan fingerprint density at radius 3 is 3.00 bits per heavy atom. The molecule has 0 saturated carbocycles. The highest BCUT2D eigenvalue weighted by molar-refractivity contribution is 5.14. The minimum Gasteiger partial charge on any atom is -0.376 e. The molecule has 1 aliphatic rings. The van der Waals surface area contributed by atoms with Crippen LogP contribution < -0.4 is 0 Å². The SMILES string of the molecule is C=CC1COC/C1=C/C. The normalized spacial score (nSPS) is 31.2. The van der Waals surface area contributed by atoms with Crippen LogP contribution in [0.5, 0.6) is 0 Å². The van der Waals surface area contributed by atoms with E-state index in [1.165, 1.54) is 5.57 Å². The van der Waals surface area contributed by atoms with Crippen molar-refractivity contribution in [1.29, 1.82) is 0 Å². The molecule has 0 bridgehead atoms. The van der Waals surface area contributed by atoms with Gasteiger partial charge in [0.1, 0.15) is 0 Å². The van der Waals surface area contributed by atoms with Crippen LogP contribution in [0.25, 0.3) is 0 Å². The molecule has 1 unspecified atom stereocenters. The highest BCUT2D eigenvalue weighted by atomic mass is 16.5. The van der Waals surface area contributed by atoms with Crippen LogP contribution in [0, 0.1) is 5.92 Å². The van der Waals surface area contributed by atoms with Crippen LogP contribution in [0.2, 0.25) is 0 Å². The molecule has 1 rings (SSSR count). The van der Waals surface area contributed by atoms with E-state index in [4.69, 9.17) is 4.74 Å². The summed E-state index contributed by atoms with van der Waals surface area (Å²) in [4.78, 5) is 0. The van der Waals surface area contributed by atoms with Gasteiger partial charge in [0.15, 0.2) is 0 Å². The summed E-state index contributed by atoms with van der Waals surface area (Å²) in [5.74, 6) is 0.481. The first-order chi connectivity index (χ1) is 4.38. The molecule has 1 heteroatoms. The largest absolute Gasteiger partial charge is 0.376 e. The molecule has 0 spiro atoms. The monoisotopic (exact) mass is 124 g/mol. The molecule has 1 aliphatic heterocycles. The van der Waals surface area contributed by atoms with E-state index in [0.717, 1.165) is 13.2 Å². The van der Waals surface area contributed by atoms with E-state index < -0.39 is 0 Å². The molecular weight excluding hydrogens is 112 g/mol. The van der Waals surface area contributed by atoms with Crippen molar-refractivity contribution in [2.45, 2.75) is 6.92 Å². The van der Waals surface area contributed by atoms with Gasteiger partial charge in [-0.25, -0.2) is 0 Å². The first kappa shape index (κ1) is 6.56. The summed E-state index contributed by atoms with van der Waals surface area (Å²) in [5.41, 5.74) is 1.37. The molecule has 9 heavy (non-hydrogen) atoms. The van der Waals surface area contributed by atoms with Gasteiger partial charge < -0.3 is 4.74 Å². The molecule has 0 aliphatic carbocycles. The van der Waals surface area contributed by atoms with Gasteiger partial charge in [-0.1, -0.05) is 12.2 Å². The van der Waals surface area contributed by atoms with Gasteiger partial charge in [-0.05, 0) is 12.5 Å². The fourth-order valence-electron chi connectivity index (χ4n) is 1.03. The van der Waals surface area contributed by atoms with Crippen LogP contribution in [0.1, 0.15) is 6.92 Å². The van der Waals surface area contributed by atoms with E-state index in [9.17, 15) is 0 Å². The molecule has 0 aromatic carbocycles. The second-order valence-corrected chi connectivity index (χ2v) is 2.22.